The van der Waals surface area contributed by atoms with Crippen LogP contribution in [0.2, 0.25) is 5.02 Å². The Kier molecular flexibility index (Phi) is 4.94. The maximum atomic E-state index is 12.5. The molecule has 0 spiro atoms. The SMILES string of the molecule is O=C1C(Cl)=C(Nc2ccc(Br)cc2)C(=O)N1Cc1ccc(Cl)cc1. The molecule has 0 saturated heterocycles. The van der Waals surface area contributed by atoms with Crippen molar-refractivity contribution < 1.29 is 9.59 Å². The maximum absolute atomic E-state index is 12.5. The lowest BCUT2D eigenvalue weighted by Crippen LogP contribution is -2.31. The number of nitrogens with zero attached hydrogens (tertiary/aromatic N) is 1. The van der Waals surface area contributed by atoms with E-state index in [9.17, 15) is 9.59 Å². The quantitative estimate of drug-likeness (QED) is 0.732. The minimum atomic E-state index is -0.517. The van der Waals surface area contributed by atoms with Gasteiger partial charge in [0.25, 0.3) is 11.8 Å². The van der Waals surface area contributed by atoms with Crippen LogP contribution in [0.4, 0.5) is 5.69 Å². The van der Waals surface area contributed by atoms with Gasteiger partial charge in [0.2, 0.25) is 0 Å². The first-order chi connectivity index (χ1) is 11.5. The van der Waals surface area contributed by atoms with E-state index in [4.69, 9.17) is 23.2 Å². The molecular formula is C17H11BrCl2N2O2. The lowest BCUT2D eigenvalue weighted by atomic mass is 10.2. The smallest absolute Gasteiger partial charge is 0.279 e. The Morgan fingerprint density at radius 2 is 1.54 bits per heavy atom. The standard InChI is InChI=1S/C17H11BrCl2N2O2/c18-11-3-7-13(8-4-11)21-15-14(20)16(23)22(17(15)24)9-10-1-5-12(19)6-2-10/h1-8,21H,9H2. The first kappa shape index (κ1) is 17.0. The highest BCUT2D eigenvalue weighted by Gasteiger charge is 2.37. The Morgan fingerprint density at radius 1 is 0.917 bits per heavy atom. The Morgan fingerprint density at radius 3 is 2.17 bits per heavy atom. The third kappa shape index (κ3) is 3.48. The van der Waals surface area contributed by atoms with Crippen molar-refractivity contribution in [2.24, 2.45) is 0 Å². The first-order valence-electron chi connectivity index (χ1n) is 6.98. The normalized spacial score (nSPS) is 14.5. The molecule has 7 heteroatoms. The summed E-state index contributed by atoms with van der Waals surface area (Å²) in [6, 6.07) is 14.1. The van der Waals surface area contributed by atoms with E-state index in [1.807, 2.05) is 12.1 Å². The molecule has 0 radical (unpaired) electrons. The number of halogens is 3. The number of nitrogens with one attached hydrogen (secondary N) is 1. The molecule has 0 atom stereocenters. The highest BCUT2D eigenvalue weighted by Crippen LogP contribution is 2.27. The van der Waals surface area contributed by atoms with E-state index in [1.165, 1.54) is 0 Å². The summed E-state index contributed by atoms with van der Waals surface area (Å²) in [7, 11) is 0. The fourth-order valence-electron chi connectivity index (χ4n) is 2.25. The molecule has 122 valence electrons. The van der Waals surface area contributed by atoms with Crippen LogP contribution in [0.15, 0.2) is 63.7 Å². The summed E-state index contributed by atoms with van der Waals surface area (Å²) >= 11 is 15.2. The van der Waals surface area contributed by atoms with Gasteiger partial charge in [-0.2, -0.15) is 0 Å². The largest absolute Gasteiger partial charge is 0.350 e. The van der Waals surface area contributed by atoms with Crippen LogP contribution >= 0.6 is 39.1 Å². The Labute approximate surface area is 157 Å². The van der Waals surface area contributed by atoms with Crippen molar-refractivity contribution in [3.63, 3.8) is 0 Å². The van der Waals surface area contributed by atoms with Gasteiger partial charge in [-0.3, -0.25) is 14.5 Å². The number of hydrogen-bond acceptors (Lipinski definition) is 3. The number of hydrogen-bond donors (Lipinski definition) is 1. The molecular weight excluding hydrogens is 415 g/mol. The van der Waals surface area contributed by atoms with Crippen molar-refractivity contribution >= 4 is 56.6 Å². The van der Waals surface area contributed by atoms with Crippen LogP contribution in [-0.4, -0.2) is 16.7 Å². The van der Waals surface area contributed by atoms with Crippen LogP contribution in [-0.2, 0) is 16.1 Å². The molecule has 0 aromatic heterocycles. The van der Waals surface area contributed by atoms with Gasteiger partial charge in [-0.25, -0.2) is 0 Å². The lowest BCUT2D eigenvalue weighted by Gasteiger charge is -2.15. The number of rotatable bonds is 4. The van der Waals surface area contributed by atoms with E-state index >= 15 is 0 Å². The molecule has 1 heterocycles. The fourth-order valence-corrected chi connectivity index (χ4v) is 2.87. The average Bonchev–Trinajstić information content (AvgIpc) is 2.76. The van der Waals surface area contributed by atoms with E-state index in [2.05, 4.69) is 21.2 Å². The average molecular weight is 426 g/mol. The van der Waals surface area contributed by atoms with Crippen molar-refractivity contribution in [2.45, 2.75) is 6.54 Å². The number of amides is 2. The second-order valence-corrected chi connectivity index (χ2v) is 6.87. The number of carbonyl (C=O) groups excluding carboxylic acids is 2. The van der Waals surface area contributed by atoms with Crippen molar-refractivity contribution in [1.29, 1.82) is 0 Å². The lowest BCUT2D eigenvalue weighted by molar-refractivity contribution is -0.138. The Balaban J connectivity index is 1.79. The Hall–Kier alpha value is -1.82. The van der Waals surface area contributed by atoms with Gasteiger partial charge in [0, 0.05) is 15.2 Å². The molecule has 0 bridgehead atoms. The predicted octanol–water partition coefficient (Wildman–Crippen LogP) is 4.53. The molecule has 2 aromatic carbocycles. The molecule has 2 aromatic rings. The monoisotopic (exact) mass is 424 g/mol. The van der Waals surface area contributed by atoms with Crippen molar-refractivity contribution in [1.82, 2.24) is 4.90 Å². The van der Waals surface area contributed by atoms with Gasteiger partial charge < -0.3 is 5.32 Å². The van der Waals surface area contributed by atoms with E-state index in [-0.39, 0.29) is 17.3 Å². The van der Waals surface area contributed by atoms with Gasteiger partial charge in [-0.05, 0) is 42.0 Å². The molecule has 1 aliphatic rings. The summed E-state index contributed by atoms with van der Waals surface area (Å²) < 4.78 is 0.909. The van der Waals surface area contributed by atoms with Gasteiger partial charge in [0.05, 0.1) is 6.54 Å². The zero-order valence-electron chi connectivity index (χ0n) is 12.2. The summed E-state index contributed by atoms with van der Waals surface area (Å²) in [4.78, 5) is 25.9. The molecule has 0 unspecified atom stereocenters. The molecule has 3 rings (SSSR count). The zero-order chi connectivity index (χ0) is 17.3. The van der Waals surface area contributed by atoms with Gasteiger partial charge in [-0.15, -0.1) is 0 Å². The van der Waals surface area contributed by atoms with E-state index in [0.717, 1.165) is 14.9 Å². The fraction of sp³-hybridized carbons (Fsp3) is 0.0588. The molecule has 0 saturated carbocycles. The van der Waals surface area contributed by atoms with E-state index in [0.29, 0.717) is 10.7 Å². The van der Waals surface area contributed by atoms with Crippen LogP contribution in [0.1, 0.15) is 5.56 Å². The summed E-state index contributed by atoms with van der Waals surface area (Å²) in [6.07, 6.45) is 0. The second kappa shape index (κ2) is 6.97. The molecule has 2 amide bonds. The minimum absolute atomic E-state index is 0.0814. The van der Waals surface area contributed by atoms with Crippen LogP contribution in [0.3, 0.4) is 0 Å². The molecule has 4 nitrogen and oxygen atoms in total. The number of carbonyl (C=O) groups is 2. The van der Waals surface area contributed by atoms with Crippen LogP contribution in [0, 0.1) is 0 Å². The topological polar surface area (TPSA) is 49.4 Å². The summed E-state index contributed by atoms with van der Waals surface area (Å²) in [5.74, 6) is -0.973. The van der Waals surface area contributed by atoms with Crippen LogP contribution < -0.4 is 5.32 Å². The summed E-state index contributed by atoms with van der Waals surface area (Å²) in [5.41, 5.74) is 1.54. The van der Waals surface area contributed by atoms with Gasteiger partial charge in [0.1, 0.15) is 10.7 Å². The minimum Gasteiger partial charge on any atom is -0.350 e. The van der Waals surface area contributed by atoms with Gasteiger partial charge in [-0.1, -0.05) is 51.3 Å². The Bertz CT molecular complexity index is 833. The third-order valence-electron chi connectivity index (χ3n) is 3.48. The number of benzene rings is 2. The number of anilines is 1. The van der Waals surface area contributed by atoms with Crippen LogP contribution in [0.25, 0.3) is 0 Å². The van der Waals surface area contributed by atoms with Crippen molar-refractivity contribution in [3.8, 4) is 0 Å². The second-order valence-electron chi connectivity index (χ2n) is 5.14. The predicted molar refractivity (Wildman–Crippen MR) is 97.7 cm³/mol. The van der Waals surface area contributed by atoms with Crippen molar-refractivity contribution in [2.75, 3.05) is 5.32 Å². The van der Waals surface area contributed by atoms with E-state index in [1.54, 1.807) is 36.4 Å². The first-order valence-corrected chi connectivity index (χ1v) is 8.53. The van der Waals surface area contributed by atoms with Gasteiger partial charge >= 0.3 is 0 Å². The van der Waals surface area contributed by atoms with E-state index < -0.39 is 11.8 Å². The highest BCUT2D eigenvalue weighted by atomic mass is 79.9. The molecule has 1 N–H and O–H groups in total. The summed E-state index contributed by atoms with van der Waals surface area (Å²) in [5, 5.41) is 3.39. The zero-order valence-corrected chi connectivity index (χ0v) is 15.3. The highest BCUT2D eigenvalue weighted by molar-refractivity contribution is 9.10. The van der Waals surface area contributed by atoms with Crippen molar-refractivity contribution in [3.05, 3.63) is 74.3 Å². The third-order valence-corrected chi connectivity index (χ3v) is 4.61. The number of imide groups is 1. The molecule has 24 heavy (non-hydrogen) atoms. The molecule has 0 fully saturated rings. The van der Waals surface area contributed by atoms with Crippen LogP contribution in [0.5, 0.6) is 0 Å². The summed E-state index contributed by atoms with van der Waals surface area (Å²) in [6.45, 7) is 0.135. The van der Waals surface area contributed by atoms with Gasteiger partial charge in [0.15, 0.2) is 0 Å². The maximum Gasteiger partial charge on any atom is 0.279 e. The molecule has 0 aliphatic carbocycles. The molecule has 1 aliphatic heterocycles.